The van der Waals surface area contributed by atoms with Gasteiger partial charge in [0.05, 0.1) is 10.4 Å². The van der Waals surface area contributed by atoms with Crippen molar-refractivity contribution in [1.29, 1.82) is 0 Å². The summed E-state index contributed by atoms with van der Waals surface area (Å²) >= 11 is 0. The number of aryl methyl sites for hydroxylation is 2. The Hall–Kier alpha value is -3.95. The second-order valence-corrected chi connectivity index (χ2v) is 13.3. The number of nitrogens with zero attached hydrogens (tertiary/aromatic N) is 4. The van der Waals surface area contributed by atoms with Crippen LogP contribution in [0.4, 0.5) is 5.69 Å². The highest BCUT2D eigenvalue weighted by atomic mass is 32.2. The molecule has 0 spiro atoms. The smallest absolute Gasteiger partial charge is 0.259 e. The van der Waals surface area contributed by atoms with Crippen molar-refractivity contribution in [2.45, 2.75) is 51.2 Å². The van der Waals surface area contributed by atoms with Crippen molar-refractivity contribution in [2.24, 2.45) is 0 Å². The van der Waals surface area contributed by atoms with Crippen LogP contribution in [0.5, 0.6) is 0 Å². The first-order chi connectivity index (χ1) is 20.2. The lowest BCUT2D eigenvalue weighted by Crippen LogP contribution is -2.54. The van der Waals surface area contributed by atoms with Gasteiger partial charge in [0.25, 0.3) is 5.91 Å². The zero-order chi connectivity index (χ0) is 29.6. The zero-order valence-corrected chi connectivity index (χ0v) is 25.1. The Kier molecular flexibility index (Phi) is 7.41. The van der Waals surface area contributed by atoms with Crippen LogP contribution in [0.3, 0.4) is 0 Å². The van der Waals surface area contributed by atoms with E-state index >= 15 is 0 Å². The fraction of sp³-hybridized carbons (Fsp3) is 0.333. The van der Waals surface area contributed by atoms with Crippen LogP contribution in [0.15, 0.2) is 82.6 Å². The van der Waals surface area contributed by atoms with Crippen molar-refractivity contribution in [3.63, 3.8) is 0 Å². The first-order valence-corrected chi connectivity index (χ1v) is 16.0. The summed E-state index contributed by atoms with van der Waals surface area (Å²) in [4.78, 5) is 31.7. The molecule has 4 aromatic rings. The summed E-state index contributed by atoms with van der Waals surface area (Å²) < 4.78 is 30.8. The third-order valence-corrected chi connectivity index (χ3v) is 10.4. The molecular weight excluding hydrogens is 548 g/mol. The van der Waals surface area contributed by atoms with E-state index in [1.807, 2.05) is 41.8 Å². The number of hydrogen-bond donors (Lipinski definition) is 0. The lowest BCUT2D eigenvalue weighted by atomic mass is 10.0. The number of rotatable bonds is 5. The lowest BCUT2D eigenvalue weighted by molar-refractivity contribution is 0.0724. The number of pyridine rings is 1. The molecule has 2 aliphatic heterocycles. The number of hydrogen-bond acceptors (Lipinski definition) is 5. The number of aromatic nitrogens is 1. The lowest BCUT2D eigenvalue weighted by Gasteiger charge is -2.41. The van der Waals surface area contributed by atoms with Crippen LogP contribution in [0.1, 0.15) is 40.9 Å². The number of fused-ring (bicyclic) bond motifs is 2. The molecule has 1 aromatic heterocycles. The Morgan fingerprint density at radius 2 is 1.74 bits per heavy atom. The molecule has 42 heavy (non-hydrogen) atoms. The van der Waals surface area contributed by atoms with E-state index in [-0.39, 0.29) is 27.8 Å². The van der Waals surface area contributed by atoms with Gasteiger partial charge in [-0.3, -0.25) is 9.59 Å². The monoisotopic (exact) mass is 584 g/mol. The van der Waals surface area contributed by atoms with Gasteiger partial charge in [0.15, 0.2) is 0 Å². The molecule has 0 radical (unpaired) electrons. The number of carbonyl (C=O) groups excluding carboxylic acids is 1. The Balaban J connectivity index is 1.31. The van der Waals surface area contributed by atoms with E-state index in [1.165, 1.54) is 15.9 Å². The number of piperazine rings is 1. The topological polar surface area (TPSA) is 82.9 Å². The maximum Gasteiger partial charge on any atom is 0.259 e. The summed E-state index contributed by atoms with van der Waals surface area (Å²) in [5.74, 6) is -0.319. The van der Waals surface area contributed by atoms with E-state index in [1.54, 1.807) is 23.2 Å². The highest BCUT2D eigenvalue weighted by Crippen LogP contribution is 2.27. The predicted molar refractivity (Wildman–Crippen MR) is 166 cm³/mol. The van der Waals surface area contributed by atoms with Gasteiger partial charge in [-0.1, -0.05) is 36.4 Å². The minimum atomic E-state index is -3.84. The van der Waals surface area contributed by atoms with Gasteiger partial charge in [-0.25, -0.2) is 8.42 Å². The van der Waals surface area contributed by atoms with Gasteiger partial charge in [-0.15, -0.1) is 0 Å². The first kappa shape index (κ1) is 28.2. The van der Waals surface area contributed by atoms with E-state index in [0.717, 1.165) is 16.8 Å². The molecule has 1 amide bonds. The minimum absolute atomic E-state index is 0.0686. The van der Waals surface area contributed by atoms with Gasteiger partial charge in [0, 0.05) is 62.6 Å². The summed E-state index contributed by atoms with van der Waals surface area (Å²) in [7, 11) is -3.84. The van der Waals surface area contributed by atoms with Crippen molar-refractivity contribution >= 4 is 32.5 Å². The maximum absolute atomic E-state index is 13.8. The minimum Gasteiger partial charge on any atom is -0.365 e. The normalized spacial score (nSPS) is 17.8. The Labute approximate surface area is 246 Å². The predicted octanol–water partition coefficient (Wildman–Crippen LogP) is 4.43. The van der Waals surface area contributed by atoms with E-state index < -0.39 is 15.5 Å². The molecule has 0 N–H and O–H groups in total. The van der Waals surface area contributed by atoms with Gasteiger partial charge in [0.2, 0.25) is 15.5 Å². The van der Waals surface area contributed by atoms with E-state index in [4.69, 9.17) is 0 Å². The first-order valence-electron chi connectivity index (χ1n) is 14.5. The highest BCUT2D eigenvalue weighted by molar-refractivity contribution is 7.89. The fourth-order valence-corrected chi connectivity index (χ4v) is 7.72. The van der Waals surface area contributed by atoms with E-state index in [0.29, 0.717) is 51.2 Å². The SMILES string of the molecule is CCn1cc(C(=O)N2CCN(c3cccc(C)c3)C(C)C2)c(=O)c2cc(S(=O)(=O)N3CCc4ccccc4C3)ccc21. The quantitative estimate of drug-likeness (QED) is 0.347. The van der Waals surface area contributed by atoms with Crippen molar-refractivity contribution in [1.82, 2.24) is 13.8 Å². The van der Waals surface area contributed by atoms with Crippen LogP contribution < -0.4 is 10.3 Å². The van der Waals surface area contributed by atoms with Crippen LogP contribution in [0.25, 0.3) is 10.9 Å². The molecule has 0 aliphatic carbocycles. The molecule has 3 aromatic carbocycles. The summed E-state index contributed by atoms with van der Waals surface area (Å²) in [6, 6.07) is 21.0. The number of benzene rings is 3. The average Bonchev–Trinajstić information content (AvgIpc) is 3.00. The molecule has 0 bridgehead atoms. The van der Waals surface area contributed by atoms with E-state index in [2.05, 4.69) is 36.9 Å². The molecular formula is C33H36N4O4S. The molecule has 8 nitrogen and oxygen atoms in total. The Morgan fingerprint density at radius 3 is 2.48 bits per heavy atom. The van der Waals surface area contributed by atoms with Crippen molar-refractivity contribution in [3.8, 4) is 0 Å². The standard InChI is InChI=1S/C33H36N4O4S/c1-4-34-22-30(33(39)35-16-17-37(24(3)20-35)27-11-7-8-23(2)18-27)32(38)29-19-28(12-13-31(29)34)42(40,41)36-15-14-25-9-5-6-10-26(25)21-36/h5-13,18-19,22,24H,4,14-17,20-21H2,1-3H3. The molecule has 1 fully saturated rings. The van der Waals surface area contributed by atoms with Gasteiger partial charge in [-0.05, 0) is 74.2 Å². The fourth-order valence-electron chi connectivity index (χ4n) is 6.28. The van der Waals surface area contributed by atoms with Gasteiger partial charge >= 0.3 is 0 Å². The molecule has 1 atom stereocenters. The van der Waals surface area contributed by atoms with Crippen LogP contribution in [0, 0.1) is 6.92 Å². The van der Waals surface area contributed by atoms with Crippen LogP contribution in [-0.4, -0.2) is 60.3 Å². The highest BCUT2D eigenvalue weighted by Gasteiger charge is 2.31. The molecule has 0 saturated carbocycles. The number of anilines is 1. The average molecular weight is 585 g/mol. The number of carbonyl (C=O) groups is 1. The summed E-state index contributed by atoms with van der Waals surface area (Å²) in [5.41, 5.74) is 4.70. The molecule has 3 heterocycles. The van der Waals surface area contributed by atoms with Crippen LogP contribution in [-0.2, 0) is 29.5 Å². The third kappa shape index (κ3) is 5.01. The van der Waals surface area contributed by atoms with Gasteiger partial charge in [-0.2, -0.15) is 4.31 Å². The number of sulfonamides is 1. The zero-order valence-electron chi connectivity index (χ0n) is 24.3. The second kappa shape index (κ2) is 11.0. The maximum atomic E-state index is 13.8. The largest absolute Gasteiger partial charge is 0.365 e. The summed E-state index contributed by atoms with van der Waals surface area (Å²) in [6.07, 6.45) is 2.26. The second-order valence-electron chi connectivity index (χ2n) is 11.3. The third-order valence-electron chi connectivity index (χ3n) is 8.60. The molecule has 2 aliphatic rings. The summed E-state index contributed by atoms with van der Waals surface area (Å²) in [5, 5.41) is 0.243. The van der Waals surface area contributed by atoms with Gasteiger partial charge < -0.3 is 14.4 Å². The molecule has 1 saturated heterocycles. The molecule has 1 unspecified atom stereocenters. The van der Waals surface area contributed by atoms with Crippen LogP contribution in [0.2, 0.25) is 0 Å². The molecule has 9 heteroatoms. The van der Waals surface area contributed by atoms with Crippen molar-refractivity contribution < 1.29 is 13.2 Å². The Bertz CT molecular complexity index is 1850. The Morgan fingerprint density at radius 1 is 0.952 bits per heavy atom. The molecule has 218 valence electrons. The van der Waals surface area contributed by atoms with Gasteiger partial charge in [0.1, 0.15) is 5.56 Å². The van der Waals surface area contributed by atoms with Crippen molar-refractivity contribution in [2.75, 3.05) is 31.1 Å². The van der Waals surface area contributed by atoms with Crippen LogP contribution >= 0.6 is 0 Å². The van der Waals surface area contributed by atoms with E-state index in [9.17, 15) is 18.0 Å². The van der Waals surface area contributed by atoms with Crippen molar-refractivity contribution in [3.05, 3.63) is 105 Å². The molecule has 6 rings (SSSR count). The summed E-state index contributed by atoms with van der Waals surface area (Å²) in [6.45, 7) is 8.93. The number of amides is 1.